The van der Waals surface area contributed by atoms with E-state index in [1.54, 1.807) is 30.3 Å². The Morgan fingerprint density at radius 3 is 2.12 bits per heavy atom. The summed E-state index contributed by atoms with van der Waals surface area (Å²) in [6, 6.07) is 6.21. The molecule has 0 aliphatic heterocycles. The molecule has 9 heteroatoms. The van der Waals surface area contributed by atoms with Gasteiger partial charge in [-0.3, -0.25) is 14.4 Å². The SMILES string of the molecule is N[C@H](CC(Cc1ccccc1)C(=O)O)C(=O)N[C@@H](CCC(=O)O)C(=O)O. The normalized spacial score (nSPS) is 14.0. The molecule has 142 valence electrons. The van der Waals surface area contributed by atoms with Crippen LogP contribution in [0.5, 0.6) is 0 Å². The van der Waals surface area contributed by atoms with Crippen LogP contribution < -0.4 is 11.1 Å². The number of hydrogen-bond donors (Lipinski definition) is 5. The molecule has 9 nitrogen and oxygen atoms in total. The standard InChI is InChI=1S/C17H22N2O7/c18-12(15(22)19-13(17(25)26)6-7-14(20)21)9-11(16(23)24)8-10-4-2-1-3-5-10/h1-5,11-13H,6-9,18H2,(H,19,22)(H,20,21)(H,23,24)(H,25,26)/t11?,12-,13+/m1/s1. The van der Waals surface area contributed by atoms with Crippen molar-refractivity contribution in [1.82, 2.24) is 5.32 Å². The molecule has 0 heterocycles. The Bertz CT molecular complexity index is 648. The lowest BCUT2D eigenvalue weighted by Gasteiger charge is -2.20. The number of carbonyl (C=O) groups excluding carboxylic acids is 1. The molecule has 0 saturated carbocycles. The molecule has 6 N–H and O–H groups in total. The number of carboxylic acid groups (broad SMARTS) is 3. The molecule has 0 aromatic heterocycles. The maximum atomic E-state index is 12.1. The third-order valence-electron chi connectivity index (χ3n) is 3.81. The minimum Gasteiger partial charge on any atom is -0.481 e. The number of carbonyl (C=O) groups is 4. The van der Waals surface area contributed by atoms with Crippen LogP contribution in [0.4, 0.5) is 0 Å². The van der Waals surface area contributed by atoms with Gasteiger partial charge in [-0.1, -0.05) is 30.3 Å². The molecule has 0 saturated heterocycles. The molecule has 3 atom stereocenters. The van der Waals surface area contributed by atoms with E-state index in [0.29, 0.717) is 0 Å². The fourth-order valence-electron chi connectivity index (χ4n) is 2.39. The molecule has 1 amide bonds. The third kappa shape index (κ3) is 7.31. The number of rotatable bonds is 11. The first-order valence-electron chi connectivity index (χ1n) is 7.98. The maximum Gasteiger partial charge on any atom is 0.326 e. The van der Waals surface area contributed by atoms with Crippen LogP contribution in [0.2, 0.25) is 0 Å². The van der Waals surface area contributed by atoms with E-state index in [0.717, 1.165) is 5.56 Å². The predicted molar refractivity (Wildman–Crippen MR) is 90.3 cm³/mol. The zero-order chi connectivity index (χ0) is 19.7. The van der Waals surface area contributed by atoms with E-state index in [4.69, 9.17) is 15.9 Å². The Labute approximate surface area is 149 Å². The molecule has 1 aromatic carbocycles. The van der Waals surface area contributed by atoms with Crippen molar-refractivity contribution < 1.29 is 34.5 Å². The molecular weight excluding hydrogens is 344 g/mol. The van der Waals surface area contributed by atoms with Gasteiger partial charge in [0.25, 0.3) is 0 Å². The van der Waals surface area contributed by atoms with E-state index in [9.17, 15) is 24.3 Å². The fraction of sp³-hybridized carbons (Fsp3) is 0.412. The van der Waals surface area contributed by atoms with Crippen molar-refractivity contribution in [3.05, 3.63) is 35.9 Å². The van der Waals surface area contributed by atoms with Crippen LogP contribution in [0.25, 0.3) is 0 Å². The predicted octanol–water partition coefficient (Wildman–Crippen LogP) is 0.0815. The zero-order valence-corrected chi connectivity index (χ0v) is 14.0. The monoisotopic (exact) mass is 366 g/mol. The Morgan fingerprint density at radius 2 is 1.62 bits per heavy atom. The number of amides is 1. The van der Waals surface area contributed by atoms with Gasteiger partial charge in [-0.15, -0.1) is 0 Å². The average molecular weight is 366 g/mol. The Balaban J connectivity index is 2.67. The number of carboxylic acids is 3. The minimum absolute atomic E-state index is 0.179. The van der Waals surface area contributed by atoms with Gasteiger partial charge in [0.1, 0.15) is 6.04 Å². The van der Waals surface area contributed by atoms with Crippen molar-refractivity contribution in [2.75, 3.05) is 0 Å². The van der Waals surface area contributed by atoms with Gasteiger partial charge in [-0.2, -0.15) is 0 Å². The zero-order valence-electron chi connectivity index (χ0n) is 14.0. The third-order valence-corrected chi connectivity index (χ3v) is 3.81. The number of hydrogen-bond acceptors (Lipinski definition) is 5. The van der Waals surface area contributed by atoms with Gasteiger partial charge in [0, 0.05) is 6.42 Å². The van der Waals surface area contributed by atoms with Gasteiger partial charge in [0.05, 0.1) is 12.0 Å². The highest BCUT2D eigenvalue weighted by molar-refractivity contribution is 5.87. The smallest absolute Gasteiger partial charge is 0.326 e. The molecule has 0 bridgehead atoms. The van der Waals surface area contributed by atoms with Gasteiger partial charge in [-0.25, -0.2) is 4.79 Å². The molecule has 1 aromatic rings. The van der Waals surface area contributed by atoms with Crippen LogP contribution in [0.3, 0.4) is 0 Å². The lowest BCUT2D eigenvalue weighted by Crippen LogP contribution is -2.49. The Morgan fingerprint density at radius 1 is 1.00 bits per heavy atom. The summed E-state index contributed by atoms with van der Waals surface area (Å²) in [5, 5.41) is 29.1. The number of benzene rings is 1. The van der Waals surface area contributed by atoms with Crippen LogP contribution >= 0.6 is 0 Å². The van der Waals surface area contributed by atoms with Gasteiger partial charge in [0.2, 0.25) is 5.91 Å². The largest absolute Gasteiger partial charge is 0.481 e. The number of aliphatic carboxylic acids is 3. The first-order chi connectivity index (χ1) is 12.2. The summed E-state index contributed by atoms with van der Waals surface area (Å²) in [5.74, 6) is -5.44. The van der Waals surface area contributed by atoms with Crippen LogP contribution in [0, 0.1) is 5.92 Å². The second-order valence-electron chi connectivity index (χ2n) is 5.90. The van der Waals surface area contributed by atoms with E-state index < -0.39 is 48.2 Å². The summed E-state index contributed by atoms with van der Waals surface area (Å²) < 4.78 is 0. The van der Waals surface area contributed by atoms with Crippen molar-refractivity contribution in [1.29, 1.82) is 0 Å². The van der Waals surface area contributed by atoms with E-state index >= 15 is 0 Å². The summed E-state index contributed by atoms with van der Waals surface area (Å²) in [5.41, 5.74) is 6.50. The molecule has 0 fully saturated rings. The molecule has 0 radical (unpaired) electrons. The summed E-state index contributed by atoms with van der Waals surface area (Å²) in [6.45, 7) is 0. The highest BCUT2D eigenvalue weighted by atomic mass is 16.4. The molecule has 0 aliphatic carbocycles. The van der Waals surface area contributed by atoms with Gasteiger partial charge in [0.15, 0.2) is 0 Å². The lowest BCUT2D eigenvalue weighted by molar-refractivity contribution is -0.145. The first kappa shape index (κ1) is 21.1. The van der Waals surface area contributed by atoms with Crippen LogP contribution in [-0.2, 0) is 25.6 Å². The average Bonchev–Trinajstić information content (AvgIpc) is 2.57. The van der Waals surface area contributed by atoms with Crippen LogP contribution in [0.15, 0.2) is 30.3 Å². The van der Waals surface area contributed by atoms with Gasteiger partial charge in [-0.05, 0) is 24.8 Å². The topological polar surface area (TPSA) is 167 Å². The van der Waals surface area contributed by atoms with E-state index in [1.165, 1.54) is 0 Å². The first-order valence-corrected chi connectivity index (χ1v) is 7.98. The van der Waals surface area contributed by atoms with Crippen LogP contribution in [-0.4, -0.2) is 51.2 Å². The van der Waals surface area contributed by atoms with Crippen LogP contribution in [0.1, 0.15) is 24.8 Å². The summed E-state index contributed by atoms with van der Waals surface area (Å²) in [4.78, 5) is 45.1. The number of nitrogens with one attached hydrogen (secondary N) is 1. The molecule has 0 aliphatic rings. The van der Waals surface area contributed by atoms with E-state index in [2.05, 4.69) is 5.32 Å². The molecule has 0 spiro atoms. The fourth-order valence-corrected chi connectivity index (χ4v) is 2.39. The summed E-state index contributed by atoms with van der Waals surface area (Å²) in [6.07, 6.45) is -0.729. The molecule has 1 unspecified atom stereocenters. The number of nitrogens with two attached hydrogens (primary N) is 1. The lowest BCUT2D eigenvalue weighted by atomic mass is 9.92. The van der Waals surface area contributed by atoms with E-state index in [1.807, 2.05) is 0 Å². The van der Waals surface area contributed by atoms with Gasteiger partial charge >= 0.3 is 17.9 Å². The second-order valence-corrected chi connectivity index (χ2v) is 5.90. The molecular formula is C17H22N2O7. The second kappa shape index (κ2) is 10.1. The summed E-state index contributed by atoms with van der Waals surface area (Å²) in [7, 11) is 0. The van der Waals surface area contributed by atoms with Crippen molar-refractivity contribution >= 4 is 23.8 Å². The summed E-state index contributed by atoms with van der Waals surface area (Å²) >= 11 is 0. The minimum atomic E-state index is -1.40. The quantitative estimate of drug-likeness (QED) is 0.367. The highest BCUT2D eigenvalue weighted by Crippen LogP contribution is 2.14. The van der Waals surface area contributed by atoms with E-state index in [-0.39, 0.29) is 19.3 Å². The van der Waals surface area contributed by atoms with Crippen molar-refractivity contribution in [2.24, 2.45) is 11.7 Å². The molecule has 1 rings (SSSR count). The van der Waals surface area contributed by atoms with Crippen molar-refractivity contribution in [3.63, 3.8) is 0 Å². The Hall–Kier alpha value is -2.94. The van der Waals surface area contributed by atoms with Gasteiger partial charge < -0.3 is 26.4 Å². The van der Waals surface area contributed by atoms with Crippen molar-refractivity contribution in [3.8, 4) is 0 Å². The Kier molecular flexibility index (Phi) is 8.23. The maximum absolute atomic E-state index is 12.1. The highest BCUT2D eigenvalue weighted by Gasteiger charge is 2.28. The van der Waals surface area contributed by atoms with Crippen molar-refractivity contribution in [2.45, 2.75) is 37.8 Å². The molecule has 26 heavy (non-hydrogen) atoms.